The van der Waals surface area contributed by atoms with Gasteiger partial charge in [-0.05, 0) is 30.3 Å². The number of benzene rings is 2. The van der Waals surface area contributed by atoms with Gasteiger partial charge in [0.1, 0.15) is 6.54 Å². The third-order valence-corrected chi connectivity index (χ3v) is 3.40. The van der Waals surface area contributed by atoms with Gasteiger partial charge in [-0.25, -0.2) is 4.79 Å². The minimum absolute atomic E-state index is 0.266. The van der Waals surface area contributed by atoms with Crippen LogP contribution in [0.4, 0.5) is 10.5 Å². The van der Waals surface area contributed by atoms with Gasteiger partial charge in [0.15, 0.2) is 11.5 Å². The van der Waals surface area contributed by atoms with E-state index >= 15 is 0 Å². The van der Waals surface area contributed by atoms with Crippen LogP contribution >= 0.6 is 0 Å². The monoisotopic (exact) mass is 372 g/mol. The molecule has 0 saturated heterocycles. The molecule has 0 saturated carbocycles. The van der Waals surface area contributed by atoms with E-state index in [9.17, 15) is 14.4 Å². The molecule has 9 nitrogen and oxygen atoms in total. The Morgan fingerprint density at radius 2 is 1.59 bits per heavy atom. The van der Waals surface area contributed by atoms with Crippen LogP contribution in [0.25, 0.3) is 0 Å². The topological polar surface area (TPSA) is 118 Å². The summed E-state index contributed by atoms with van der Waals surface area (Å²) < 4.78 is 10.2. The lowest BCUT2D eigenvalue weighted by Crippen LogP contribution is -2.47. The Morgan fingerprint density at radius 1 is 0.889 bits per heavy atom. The molecule has 2 rings (SSSR count). The Hall–Kier alpha value is -3.75. The largest absolute Gasteiger partial charge is 0.493 e. The molecule has 0 aliphatic rings. The summed E-state index contributed by atoms with van der Waals surface area (Å²) in [6.07, 6.45) is 0. The quantitative estimate of drug-likeness (QED) is 0.570. The Labute approximate surface area is 156 Å². The van der Waals surface area contributed by atoms with Gasteiger partial charge in [0, 0.05) is 11.3 Å². The van der Waals surface area contributed by atoms with E-state index < -0.39 is 17.8 Å². The van der Waals surface area contributed by atoms with E-state index in [1.54, 1.807) is 30.3 Å². The third kappa shape index (κ3) is 5.92. The molecule has 0 aliphatic carbocycles. The zero-order chi connectivity index (χ0) is 19.6. The van der Waals surface area contributed by atoms with Crippen molar-refractivity contribution in [1.82, 2.24) is 16.2 Å². The van der Waals surface area contributed by atoms with Crippen LogP contribution < -0.4 is 31.0 Å². The maximum Gasteiger partial charge on any atom is 0.319 e. The van der Waals surface area contributed by atoms with Crippen molar-refractivity contribution in [2.75, 3.05) is 26.1 Å². The predicted octanol–water partition coefficient (Wildman–Crippen LogP) is 1.29. The molecule has 0 heterocycles. The predicted molar refractivity (Wildman–Crippen MR) is 98.6 cm³/mol. The average Bonchev–Trinajstić information content (AvgIpc) is 2.70. The van der Waals surface area contributed by atoms with Gasteiger partial charge >= 0.3 is 6.03 Å². The van der Waals surface area contributed by atoms with Crippen LogP contribution in [-0.2, 0) is 4.79 Å². The number of rotatable bonds is 6. The molecule has 4 amide bonds. The van der Waals surface area contributed by atoms with Gasteiger partial charge in [0.2, 0.25) is 0 Å². The van der Waals surface area contributed by atoms with Crippen molar-refractivity contribution in [2.24, 2.45) is 0 Å². The highest BCUT2D eigenvalue weighted by Gasteiger charge is 2.12. The zero-order valence-corrected chi connectivity index (χ0v) is 14.9. The van der Waals surface area contributed by atoms with Gasteiger partial charge in [-0.1, -0.05) is 18.2 Å². The number of para-hydroxylation sites is 1. The molecule has 9 heteroatoms. The van der Waals surface area contributed by atoms with Crippen LogP contribution in [0.5, 0.6) is 11.5 Å². The number of anilines is 1. The Morgan fingerprint density at radius 3 is 2.26 bits per heavy atom. The second kappa shape index (κ2) is 9.66. The highest BCUT2D eigenvalue weighted by atomic mass is 16.5. The highest BCUT2D eigenvalue weighted by molar-refractivity contribution is 5.97. The maximum atomic E-state index is 12.1. The normalized spacial score (nSPS) is 9.70. The molecule has 142 valence electrons. The lowest BCUT2D eigenvalue weighted by atomic mass is 10.2. The highest BCUT2D eigenvalue weighted by Crippen LogP contribution is 2.27. The summed E-state index contributed by atoms with van der Waals surface area (Å²) in [6, 6.07) is 12.8. The molecule has 0 aliphatic heterocycles. The lowest BCUT2D eigenvalue weighted by molar-refractivity contribution is -0.120. The molecule has 0 radical (unpaired) electrons. The third-order valence-electron chi connectivity index (χ3n) is 3.40. The Kier molecular flexibility index (Phi) is 7.00. The van der Waals surface area contributed by atoms with Gasteiger partial charge in [-0.2, -0.15) is 0 Å². The molecule has 4 N–H and O–H groups in total. The smallest absolute Gasteiger partial charge is 0.319 e. The van der Waals surface area contributed by atoms with E-state index in [0.29, 0.717) is 17.2 Å². The Balaban J connectivity index is 1.78. The molecule has 27 heavy (non-hydrogen) atoms. The first-order chi connectivity index (χ1) is 13.0. The number of carbonyl (C=O) groups excluding carboxylic acids is 3. The van der Waals surface area contributed by atoms with Gasteiger partial charge in [-0.15, -0.1) is 0 Å². The fourth-order valence-electron chi connectivity index (χ4n) is 2.08. The van der Waals surface area contributed by atoms with E-state index in [1.807, 2.05) is 6.07 Å². The molecule has 0 fully saturated rings. The molecule has 0 atom stereocenters. The molecular formula is C18H20N4O5. The fourth-order valence-corrected chi connectivity index (χ4v) is 2.08. The molecular weight excluding hydrogens is 352 g/mol. The van der Waals surface area contributed by atoms with Crippen LogP contribution in [0.3, 0.4) is 0 Å². The molecule has 0 aromatic heterocycles. The first-order valence-corrected chi connectivity index (χ1v) is 7.94. The number of hydrazine groups is 1. The van der Waals surface area contributed by atoms with Crippen molar-refractivity contribution < 1.29 is 23.9 Å². The van der Waals surface area contributed by atoms with E-state index in [0.717, 1.165) is 0 Å². The number of carbonyl (C=O) groups is 3. The summed E-state index contributed by atoms with van der Waals surface area (Å²) in [5, 5.41) is 4.95. The SMILES string of the molecule is COc1ccc(C(=O)NNC(=O)CNC(=O)Nc2ccccc2)cc1OC. The first-order valence-electron chi connectivity index (χ1n) is 7.94. The lowest BCUT2D eigenvalue weighted by Gasteiger charge is -2.11. The van der Waals surface area contributed by atoms with E-state index in [-0.39, 0.29) is 12.1 Å². The van der Waals surface area contributed by atoms with Crippen LogP contribution in [0.2, 0.25) is 0 Å². The molecule has 0 spiro atoms. The average molecular weight is 372 g/mol. The molecule has 0 unspecified atom stereocenters. The van der Waals surface area contributed by atoms with Crippen LogP contribution in [0.1, 0.15) is 10.4 Å². The summed E-state index contributed by atoms with van der Waals surface area (Å²) >= 11 is 0. The van der Waals surface area contributed by atoms with Gasteiger partial charge in [-0.3, -0.25) is 20.4 Å². The number of ether oxygens (including phenoxy) is 2. The summed E-state index contributed by atoms with van der Waals surface area (Å²) in [5.41, 5.74) is 5.33. The first kappa shape index (κ1) is 19.6. The standard InChI is InChI=1S/C18H20N4O5/c1-26-14-9-8-12(10-15(14)27-2)17(24)22-21-16(23)11-19-18(25)20-13-6-4-3-5-7-13/h3-10H,11H2,1-2H3,(H,21,23)(H,22,24)(H2,19,20,25). The van der Waals surface area contributed by atoms with Crippen molar-refractivity contribution in [3.05, 3.63) is 54.1 Å². The van der Waals surface area contributed by atoms with Crippen LogP contribution in [-0.4, -0.2) is 38.6 Å². The second-order valence-corrected chi connectivity index (χ2v) is 5.25. The van der Waals surface area contributed by atoms with E-state index in [1.165, 1.54) is 26.4 Å². The van der Waals surface area contributed by atoms with Gasteiger partial charge in [0.05, 0.1) is 14.2 Å². The van der Waals surface area contributed by atoms with E-state index in [4.69, 9.17) is 9.47 Å². The van der Waals surface area contributed by atoms with Crippen molar-refractivity contribution in [3.63, 3.8) is 0 Å². The number of methoxy groups -OCH3 is 2. The van der Waals surface area contributed by atoms with Crippen molar-refractivity contribution in [2.45, 2.75) is 0 Å². The summed E-state index contributed by atoms with van der Waals surface area (Å²) in [7, 11) is 2.94. The van der Waals surface area contributed by atoms with Crippen LogP contribution in [0.15, 0.2) is 48.5 Å². The van der Waals surface area contributed by atoms with Crippen LogP contribution in [0, 0.1) is 0 Å². The number of nitrogens with one attached hydrogen (secondary N) is 4. The minimum Gasteiger partial charge on any atom is -0.493 e. The number of amides is 4. The van der Waals surface area contributed by atoms with Gasteiger partial charge in [0.25, 0.3) is 11.8 Å². The van der Waals surface area contributed by atoms with Crippen molar-refractivity contribution in [3.8, 4) is 11.5 Å². The fraction of sp³-hybridized carbons (Fsp3) is 0.167. The zero-order valence-electron chi connectivity index (χ0n) is 14.9. The number of hydrogen-bond acceptors (Lipinski definition) is 5. The van der Waals surface area contributed by atoms with Crippen molar-refractivity contribution >= 4 is 23.5 Å². The molecule has 2 aromatic carbocycles. The summed E-state index contributed by atoms with van der Waals surface area (Å²) in [5.74, 6) is -0.271. The maximum absolute atomic E-state index is 12.1. The number of hydrogen-bond donors (Lipinski definition) is 4. The van der Waals surface area contributed by atoms with Gasteiger partial charge < -0.3 is 20.1 Å². The minimum atomic E-state index is -0.591. The van der Waals surface area contributed by atoms with E-state index in [2.05, 4.69) is 21.5 Å². The second-order valence-electron chi connectivity index (χ2n) is 5.25. The Bertz CT molecular complexity index is 811. The number of urea groups is 1. The summed E-state index contributed by atoms with van der Waals surface area (Å²) in [6.45, 7) is -0.315. The molecule has 2 aromatic rings. The molecule has 0 bridgehead atoms. The van der Waals surface area contributed by atoms with Crippen molar-refractivity contribution in [1.29, 1.82) is 0 Å². The summed E-state index contributed by atoms with van der Waals surface area (Å²) in [4.78, 5) is 35.5.